The van der Waals surface area contributed by atoms with Gasteiger partial charge in [0.2, 0.25) is 5.82 Å². The third-order valence-corrected chi connectivity index (χ3v) is 6.48. The van der Waals surface area contributed by atoms with Crippen LogP contribution in [-0.2, 0) is 11.3 Å². The Morgan fingerprint density at radius 1 is 1.09 bits per heavy atom. The number of amides is 1. The lowest BCUT2D eigenvalue weighted by Gasteiger charge is -2.23. The predicted molar refractivity (Wildman–Crippen MR) is 121 cm³/mol. The third kappa shape index (κ3) is 3.66. The molecule has 1 N–H and O–H groups in total. The zero-order chi connectivity index (χ0) is 22.0. The van der Waals surface area contributed by atoms with Crippen molar-refractivity contribution < 1.29 is 4.79 Å². The third-order valence-electron chi connectivity index (χ3n) is 6.48. The Bertz CT molecular complexity index is 1110. The number of aliphatic imine (C=N–C) groups is 1. The van der Waals surface area contributed by atoms with E-state index in [-0.39, 0.29) is 5.91 Å². The summed E-state index contributed by atoms with van der Waals surface area (Å²) >= 11 is 0. The van der Waals surface area contributed by atoms with E-state index in [2.05, 4.69) is 63.9 Å². The lowest BCUT2D eigenvalue weighted by Crippen LogP contribution is -2.40. The van der Waals surface area contributed by atoms with Crippen LogP contribution in [-0.4, -0.2) is 42.8 Å². The highest BCUT2D eigenvalue weighted by atomic mass is 16.2. The zero-order valence-electron chi connectivity index (χ0n) is 18.3. The monoisotopic (exact) mass is 426 g/mol. The van der Waals surface area contributed by atoms with Crippen LogP contribution in [0.15, 0.2) is 41.4 Å². The molecule has 1 aliphatic carbocycles. The summed E-state index contributed by atoms with van der Waals surface area (Å²) in [5, 5.41) is 14.4. The van der Waals surface area contributed by atoms with E-state index in [0.29, 0.717) is 12.4 Å². The van der Waals surface area contributed by atoms with Gasteiger partial charge in [0, 0.05) is 23.6 Å². The van der Waals surface area contributed by atoms with Crippen molar-refractivity contribution in [3.63, 3.8) is 0 Å². The van der Waals surface area contributed by atoms with Gasteiger partial charge in [-0.15, -0.1) is 10.2 Å². The minimum absolute atomic E-state index is 0.192. The van der Waals surface area contributed by atoms with E-state index in [0.717, 1.165) is 73.0 Å². The number of carbonyl (C=O) groups is 1. The number of benzene rings is 1. The number of unbranched alkanes of at least 4 members (excludes halogenated alkanes) is 1. The summed E-state index contributed by atoms with van der Waals surface area (Å²) in [6.45, 7) is 2.74. The van der Waals surface area contributed by atoms with Gasteiger partial charge in [-0.3, -0.25) is 14.7 Å². The van der Waals surface area contributed by atoms with E-state index in [1.165, 1.54) is 0 Å². The lowest BCUT2D eigenvalue weighted by molar-refractivity contribution is -0.131. The molecule has 32 heavy (non-hydrogen) atoms. The number of hydrogen-bond acceptors (Lipinski definition) is 5. The molecule has 1 aromatic heterocycles. The molecule has 5 rings (SSSR count). The fraction of sp³-hybridized carbons (Fsp3) is 0.400. The molecule has 1 saturated carbocycles. The molecule has 0 unspecified atom stereocenters. The fourth-order valence-electron chi connectivity index (χ4n) is 4.75. The van der Waals surface area contributed by atoms with Crippen molar-refractivity contribution in [3.05, 3.63) is 54.1 Å². The Morgan fingerprint density at radius 3 is 2.53 bits per heavy atom. The van der Waals surface area contributed by atoms with Crippen molar-refractivity contribution in [2.45, 2.75) is 64.0 Å². The van der Waals surface area contributed by atoms with Crippen LogP contribution in [0, 0.1) is 12.1 Å². The topological polar surface area (TPSA) is 87.1 Å². The van der Waals surface area contributed by atoms with Crippen LogP contribution in [0.4, 0.5) is 0 Å². The van der Waals surface area contributed by atoms with Crippen LogP contribution < -0.4 is 0 Å². The molecule has 2 heterocycles. The van der Waals surface area contributed by atoms with E-state index in [4.69, 9.17) is 4.99 Å². The Morgan fingerprint density at radius 2 is 1.84 bits per heavy atom. The molecule has 2 aromatic carbocycles. The lowest BCUT2D eigenvalue weighted by atomic mass is 9.97. The maximum atomic E-state index is 13.4. The smallest absolute Gasteiger partial charge is 0.256 e. The minimum Gasteiger partial charge on any atom is -0.294 e. The van der Waals surface area contributed by atoms with Crippen molar-refractivity contribution in [1.29, 1.82) is 0 Å². The molecule has 1 spiro atoms. The number of carbonyl (C=O) groups excluding carboxylic acids is 1. The van der Waals surface area contributed by atoms with Crippen molar-refractivity contribution in [3.8, 4) is 22.5 Å². The van der Waals surface area contributed by atoms with Crippen LogP contribution >= 0.6 is 0 Å². The van der Waals surface area contributed by atoms with E-state index in [1.807, 2.05) is 17.0 Å². The molecule has 7 nitrogen and oxygen atoms in total. The highest BCUT2D eigenvalue weighted by Gasteiger charge is 2.49. The number of rotatable bonds is 7. The van der Waals surface area contributed by atoms with Crippen molar-refractivity contribution in [2.24, 2.45) is 4.99 Å². The van der Waals surface area contributed by atoms with Crippen molar-refractivity contribution in [1.82, 2.24) is 25.5 Å². The fourth-order valence-corrected chi connectivity index (χ4v) is 4.75. The van der Waals surface area contributed by atoms with Gasteiger partial charge in [-0.2, -0.15) is 5.21 Å². The Balaban J connectivity index is 1.38. The average Bonchev–Trinajstić information content (AvgIpc) is 3.58. The predicted octanol–water partition coefficient (Wildman–Crippen LogP) is 4.38. The second-order valence-corrected chi connectivity index (χ2v) is 8.60. The van der Waals surface area contributed by atoms with Gasteiger partial charge in [-0.1, -0.05) is 62.6 Å². The van der Waals surface area contributed by atoms with E-state index < -0.39 is 5.54 Å². The molecular formula is C25H26N6O. The quantitative estimate of drug-likeness (QED) is 0.607. The van der Waals surface area contributed by atoms with E-state index in [1.54, 1.807) is 0 Å². The molecule has 0 saturated heterocycles. The number of nitrogens with one attached hydrogen (secondary N) is 1. The summed E-state index contributed by atoms with van der Waals surface area (Å²) in [6, 6.07) is 18.0. The second kappa shape index (κ2) is 8.54. The van der Waals surface area contributed by atoms with Crippen molar-refractivity contribution >= 4 is 11.7 Å². The summed E-state index contributed by atoms with van der Waals surface area (Å²) < 4.78 is 0. The van der Waals surface area contributed by atoms with Crippen LogP contribution in [0.5, 0.6) is 0 Å². The normalized spacial score (nSPS) is 17.1. The zero-order valence-corrected chi connectivity index (χ0v) is 18.3. The molecule has 2 aliphatic rings. The molecule has 3 aromatic rings. The SMILES string of the molecule is CCCCC1=NC2(CCCC2)C(=O)N1Cc1ccc(-c2cc#ccc2-c2nn[nH]n2)cc1. The number of amidine groups is 1. The maximum absolute atomic E-state index is 13.4. The van der Waals surface area contributed by atoms with Gasteiger partial charge in [-0.25, -0.2) is 0 Å². The highest BCUT2D eigenvalue weighted by molar-refractivity contribution is 6.08. The minimum atomic E-state index is -0.487. The Labute approximate surface area is 188 Å². The average molecular weight is 427 g/mol. The second-order valence-electron chi connectivity index (χ2n) is 8.60. The van der Waals surface area contributed by atoms with Gasteiger partial charge in [0.25, 0.3) is 5.91 Å². The number of nitrogens with zero attached hydrogens (tertiary/aromatic N) is 5. The van der Waals surface area contributed by atoms with Crippen molar-refractivity contribution in [2.75, 3.05) is 0 Å². The first-order chi connectivity index (χ1) is 15.7. The largest absolute Gasteiger partial charge is 0.294 e. The van der Waals surface area contributed by atoms with Crippen LogP contribution in [0.2, 0.25) is 0 Å². The summed E-state index contributed by atoms with van der Waals surface area (Å²) in [6.07, 6.45) is 6.97. The molecule has 1 aliphatic heterocycles. The summed E-state index contributed by atoms with van der Waals surface area (Å²) in [4.78, 5) is 20.3. The number of aromatic amines is 1. The van der Waals surface area contributed by atoms with Gasteiger partial charge in [0.1, 0.15) is 11.4 Å². The van der Waals surface area contributed by atoms with Crippen LogP contribution in [0.25, 0.3) is 22.5 Å². The van der Waals surface area contributed by atoms with Crippen LogP contribution in [0.1, 0.15) is 57.4 Å². The van der Waals surface area contributed by atoms with Gasteiger partial charge in [0.15, 0.2) is 0 Å². The first-order valence-corrected chi connectivity index (χ1v) is 11.4. The molecular weight excluding hydrogens is 400 g/mol. The van der Waals surface area contributed by atoms with Gasteiger partial charge >= 0.3 is 0 Å². The standard InChI is InChI=1S/C25H26N6O/c1-2-3-10-22-26-25(15-6-7-16-25)24(32)31(22)17-18-11-13-19(14-12-18)20-8-4-5-9-21(20)23-27-29-30-28-23/h8-9,11-14H,2-3,6-7,10,15-17H2,1H3,(H,27,28,29,30). The number of hydrogen-bond donors (Lipinski definition) is 1. The molecule has 0 atom stereocenters. The molecule has 0 bridgehead atoms. The number of tetrazole rings is 1. The first kappa shape index (κ1) is 20.4. The summed E-state index contributed by atoms with van der Waals surface area (Å²) in [5.41, 5.74) is 3.44. The highest BCUT2D eigenvalue weighted by Crippen LogP contribution is 2.40. The molecule has 0 radical (unpaired) electrons. The summed E-state index contributed by atoms with van der Waals surface area (Å²) in [5.74, 6) is 1.68. The van der Waals surface area contributed by atoms with Crippen LogP contribution in [0.3, 0.4) is 0 Å². The molecule has 1 fully saturated rings. The van der Waals surface area contributed by atoms with Gasteiger partial charge < -0.3 is 0 Å². The Hall–Kier alpha value is -3.53. The number of H-pyrrole nitrogens is 1. The van der Waals surface area contributed by atoms with Gasteiger partial charge in [0.05, 0.1) is 6.54 Å². The van der Waals surface area contributed by atoms with E-state index >= 15 is 0 Å². The molecule has 162 valence electrons. The Kier molecular flexibility index (Phi) is 5.44. The van der Waals surface area contributed by atoms with Gasteiger partial charge in [-0.05, 0) is 41.7 Å². The first-order valence-electron chi connectivity index (χ1n) is 11.4. The molecule has 7 heteroatoms. The maximum Gasteiger partial charge on any atom is 0.256 e. The number of aromatic nitrogens is 4. The summed E-state index contributed by atoms with van der Waals surface area (Å²) in [7, 11) is 0. The molecule has 1 amide bonds. The van der Waals surface area contributed by atoms with E-state index in [9.17, 15) is 4.79 Å².